The first-order valence-corrected chi connectivity index (χ1v) is 5.36. The smallest absolute Gasteiger partial charge is 0.239 e. The maximum absolute atomic E-state index is 11.6. The van der Waals surface area contributed by atoms with Crippen molar-refractivity contribution in [3.05, 3.63) is 0 Å². The van der Waals surface area contributed by atoms with Crippen LogP contribution in [0, 0.1) is 0 Å². The molecular weight excluding hydrogens is 196 g/mol. The van der Waals surface area contributed by atoms with Crippen molar-refractivity contribution in [1.29, 1.82) is 0 Å². The van der Waals surface area contributed by atoms with Crippen LogP contribution in [0.5, 0.6) is 0 Å². The van der Waals surface area contributed by atoms with Gasteiger partial charge in [-0.05, 0) is 12.8 Å². The van der Waals surface area contributed by atoms with E-state index in [1.807, 2.05) is 0 Å². The molecule has 0 bridgehead atoms. The van der Waals surface area contributed by atoms with Crippen molar-refractivity contribution in [3.63, 3.8) is 0 Å². The van der Waals surface area contributed by atoms with E-state index in [9.17, 15) is 4.79 Å². The molecule has 0 aliphatic carbocycles. The quantitative estimate of drug-likeness (QED) is 0.614. The molecule has 1 saturated heterocycles. The minimum atomic E-state index is -0.308. The molecule has 2 N–H and O–H groups in total. The second-order valence-corrected chi connectivity index (χ2v) is 3.68. The van der Waals surface area contributed by atoms with E-state index in [1.165, 1.54) is 0 Å². The number of likely N-dealkylation sites (tertiary alicyclic amines) is 1. The maximum Gasteiger partial charge on any atom is 0.239 e. The van der Waals surface area contributed by atoms with E-state index in [0.717, 1.165) is 19.4 Å². The lowest BCUT2D eigenvalue weighted by Crippen LogP contribution is -2.49. The summed E-state index contributed by atoms with van der Waals surface area (Å²) in [6.07, 6.45) is 1.80. The van der Waals surface area contributed by atoms with Crippen molar-refractivity contribution in [2.75, 3.05) is 40.0 Å². The van der Waals surface area contributed by atoms with Crippen molar-refractivity contribution >= 4 is 5.91 Å². The maximum atomic E-state index is 11.6. The van der Waals surface area contributed by atoms with Crippen LogP contribution in [0.2, 0.25) is 0 Å². The Balaban J connectivity index is 2.12. The van der Waals surface area contributed by atoms with Gasteiger partial charge in [0.1, 0.15) is 0 Å². The van der Waals surface area contributed by atoms with Crippen LogP contribution in [-0.2, 0) is 14.3 Å². The Hall–Kier alpha value is -0.650. The Morgan fingerprint density at radius 2 is 2.27 bits per heavy atom. The van der Waals surface area contributed by atoms with Crippen molar-refractivity contribution in [1.82, 2.24) is 4.90 Å². The first-order valence-electron chi connectivity index (χ1n) is 5.36. The minimum absolute atomic E-state index is 0.0524. The van der Waals surface area contributed by atoms with E-state index in [4.69, 9.17) is 15.2 Å². The Morgan fingerprint density at radius 1 is 1.47 bits per heavy atom. The predicted octanol–water partition coefficient (Wildman–Crippen LogP) is -0.401. The van der Waals surface area contributed by atoms with E-state index in [-0.39, 0.29) is 11.9 Å². The van der Waals surface area contributed by atoms with Gasteiger partial charge in [0, 0.05) is 20.2 Å². The average Bonchev–Trinajstić information content (AvgIpc) is 2.24. The van der Waals surface area contributed by atoms with Crippen LogP contribution in [0.3, 0.4) is 0 Å². The van der Waals surface area contributed by atoms with Crippen molar-refractivity contribution in [3.8, 4) is 0 Å². The number of methoxy groups -OCH3 is 1. The first kappa shape index (κ1) is 12.4. The Bertz CT molecular complexity index is 199. The number of hydrogen-bond acceptors (Lipinski definition) is 4. The largest absolute Gasteiger partial charge is 0.382 e. The van der Waals surface area contributed by atoms with Crippen LogP contribution in [0.25, 0.3) is 0 Å². The SMILES string of the molecule is COCCOCCN1CCCC(N)C1=O. The van der Waals surface area contributed by atoms with Gasteiger partial charge in [-0.1, -0.05) is 0 Å². The lowest BCUT2D eigenvalue weighted by Gasteiger charge is -2.30. The Labute approximate surface area is 90.5 Å². The fourth-order valence-electron chi connectivity index (χ4n) is 1.61. The number of ether oxygens (including phenoxy) is 2. The van der Waals surface area contributed by atoms with E-state index >= 15 is 0 Å². The number of nitrogens with zero attached hydrogens (tertiary/aromatic N) is 1. The van der Waals surface area contributed by atoms with E-state index in [1.54, 1.807) is 12.0 Å². The molecule has 1 amide bonds. The summed E-state index contributed by atoms with van der Waals surface area (Å²) < 4.78 is 10.1. The van der Waals surface area contributed by atoms with Gasteiger partial charge in [0.25, 0.3) is 0 Å². The van der Waals surface area contributed by atoms with Crippen molar-refractivity contribution < 1.29 is 14.3 Å². The number of hydrogen-bond donors (Lipinski definition) is 1. The fraction of sp³-hybridized carbons (Fsp3) is 0.900. The highest BCUT2D eigenvalue weighted by Gasteiger charge is 2.24. The van der Waals surface area contributed by atoms with E-state index in [2.05, 4.69) is 0 Å². The van der Waals surface area contributed by atoms with Crippen molar-refractivity contribution in [2.45, 2.75) is 18.9 Å². The van der Waals surface area contributed by atoms with Gasteiger partial charge in [0.15, 0.2) is 0 Å². The number of piperidine rings is 1. The van der Waals surface area contributed by atoms with Gasteiger partial charge in [-0.25, -0.2) is 0 Å². The Kier molecular flexibility index (Phi) is 5.60. The molecule has 1 aliphatic heterocycles. The highest BCUT2D eigenvalue weighted by atomic mass is 16.5. The van der Waals surface area contributed by atoms with Gasteiger partial charge in [-0.3, -0.25) is 4.79 Å². The molecule has 88 valence electrons. The van der Waals surface area contributed by atoms with Crippen LogP contribution in [0.4, 0.5) is 0 Å². The third-order valence-electron chi connectivity index (χ3n) is 2.51. The number of amides is 1. The first-order chi connectivity index (χ1) is 7.25. The Morgan fingerprint density at radius 3 is 3.00 bits per heavy atom. The molecule has 0 saturated carbocycles. The van der Waals surface area contributed by atoms with Gasteiger partial charge in [0.05, 0.1) is 25.9 Å². The van der Waals surface area contributed by atoms with Crippen LogP contribution in [0.1, 0.15) is 12.8 Å². The van der Waals surface area contributed by atoms with Crippen LogP contribution >= 0.6 is 0 Å². The van der Waals surface area contributed by atoms with E-state index < -0.39 is 0 Å². The molecule has 0 radical (unpaired) electrons. The van der Waals surface area contributed by atoms with Crippen LogP contribution in [0.15, 0.2) is 0 Å². The lowest BCUT2D eigenvalue weighted by molar-refractivity contribution is -0.135. The molecule has 0 aromatic heterocycles. The average molecular weight is 216 g/mol. The zero-order valence-corrected chi connectivity index (χ0v) is 9.28. The summed E-state index contributed by atoms with van der Waals surface area (Å²) in [4.78, 5) is 13.3. The van der Waals surface area contributed by atoms with Crippen LogP contribution in [-0.4, -0.2) is 56.9 Å². The summed E-state index contributed by atoms with van der Waals surface area (Å²) in [5.74, 6) is 0.0524. The van der Waals surface area contributed by atoms with Gasteiger partial charge in [0.2, 0.25) is 5.91 Å². The molecule has 1 atom stereocenters. The van der Waals surface area contributed by atoms with Crippen molar-refractivity contribution in [2.24, 2.45) is 5.73 Å². The molecule has 1 rings (SSSR count). The summed E-state index contributed by atoms with van der Waals surface area (Å²) in [7, 11) is 1.64. The molecular formula is C10H20N2O3. The zero-order valence-electron chi connectivity index (χ0n) is 9.28. The molecule has 0 aromatic rings. The highest BCUT2D eigenvalue weighted by molar-refractivity contribution is 5.82. The van der Waals surface area contributed by atoms with Gasteiger partial charge < -0.3 is 20.1 Å². The topological polar surface area (TPSA) is 64.8 Å². The molecule has 5 heteroatoms. The zero-order chi connectivity index (χ0) is 11.1. The molecule has 1 fully saturated rings. The summed E-state index contributed by atoms with van der Waals surface area (Å²) in [6.45, 7) is 3.16. The summed E-state index contributed by atoms with van der Waals surface area (Å²) in [5, 5.41) is 0. The fourth-order valence-corrected chi connectivity index (χ4v) is 1.61. The monoisotopic (exact) mass is 216 g/mol. The summed E-state index contributed by atoms with van der Waals surface area (Å²) in [6, 6.07) is -0.308. The summed E-state index contributed by atoms with van der Waals surface area (Å²) >= 11 is 0. The normalized spacial score (nSPS) is 22.1. The molecule has 1 aliphatic rings. The third kappa shape index (κ3) is 4.15. The highest BCUT2D eigenvalue weighted by Crippen LogP contribution is 2.09. The van der Waals surface area contributed by atoms with Gasteiger partial charge >= 0.3 is 0 Å². The molecule has 0 spiro atoms. The molecule has 15 heavy (non-hydrogen) atoms. The predicted molar refractivity (Wildman–Crippen MR) is 56.5 cm³/mol. The standard InChI is InChI=1S/C10H20N2O3/c1-14-7-8-15-6-5-12-4-2-3-9(11)10(12)13/h9H,2-8,11H2,1H3. The second-order valence-electron chi connectivity index (χ2n) is 3.68. The number of nitrogens with two attached hydrogens (primary N) is 1. The molecule has 1 heterocycles. The number of rotatable bonds is 6. The van der Waals surface area contributed by atoms with Crippen LogP contribution < -0.4 is 5.73 Å². The number of carbonyl (C=O) groups excluding carboxylic acids is 1. The van der Waals surface area contributed by atoms with E-state index in [0.29, 0.717) is 26.4 Å². The molecule has 5 nitrogen and oxygen atoms in total. The van der Waals surface area contributed by atoms with Gasteiger partial charge in [-0.2, -0.15) is 0 Å². The third-order valence-corrected chi connectivity index (χ3v) is 2.51. The minimum Gasteiger partial charge on any atom is -0.382 e. The second kappa shape index (κ2) is 6.76. The lowest BCUT2D eigenvalue weighted by atomic mass is 10.1. The number of carbonyl (C=O) groups is 1. The molecule has 1 unspecified atom stereocenters. The molecule has 0 aromatic carbocycles. The van der Waals surface area contributed by atoms with Gasteiger partial charge in [-0.15, -0.1) is 0 Å². The summed E-state index contributed by atoms with van der Waals surface area (Å²) in [5.41, 5.74) is 5.67.